The maximum absolute atomic E-state index is 12.4. The molecule has 0 fully saturated rings. The lowest BCUT2D eigenvalue weighted by atomic mass is 10.2. The fourth-order valence-electron chi connectivity index (χ4n) is 1.52. The molecule has 0 saturated carbocycles. The largest absolute Gasteiger partial charge is 0.337 e. The third kappa shape index (κ3) is 4.66. The van der Waals surface area contributed by atoms with E-state index in [1.807, 2.05) is 12.1 Å². The second-order valence-electron chi connectivity index (χ2n) is 3.73. The number of hydrogen-bond acceptors (Lipinski definition) is 3. The molecule has 0 heterocycles. The van der Waals surface area contributed by atoms with Crippen LogP contribution in [0.25, 0.3) is 0 Å². The van der Waals surface area contributed by atoms with Gasteiger partial charge in [0.15, 0.2) is 0 Å². The molecule has 0 aliphatic carbocycles. The summed E-state index contributed by atoms with van der Waals surface area (Å²) < 4.78 is 1.56. The van der Waals surface area contributed by atoms with Crippen LogP contribution in [-0.2, 0) is 0 Å². The average Bonchev–Trinajstić information content (AvgIpc) is 2.38. The summed E-state index contributed by atoms with van der Waals surface area (Å²) in [6.45, 7) is 0.666. The van der Waals surface area contributed by atoms with Gasteiger partial charge in [0.1, 0.15) is 0 Å². The molecule has 98 valence electrons. The van der Waals surface area contributed by atoms with Crippen LogP contribution in [-0.4, -0.2) is 23.9 Å². The zero-order valence-electron chi connectivity index (χ0n) is 10.1. The Hall–Kier alpha value is -1.37. The molecule has 19 heavy (non-hydrogen) atoms. The van der Waals surface area contributed by atoms with E-state index in [1.54, 1.807) is 18.2 Å². The minimum absolute atomic E-state index is 0.176. The highest BCUT2D eigenvalue weighted by Crippen LogP contribution is 2.23. The highest BCUT2D eigenvalue weighted by Gasteiger charge is 2.17. The Morgan fingerprint density at radius 3 is 2.21 bits per heavy atom. The van der Waals surface area contributed by atoms with Crippen LogP contribution >= 0.6 is 31.9 Å². The third-order valence-corrected chi connectivity index (χ3v) is 3.59. The Labute approximate surface area is 128 Å². The molecular formula is C13H11Br2N3O. The summed E-state index contributed by atoms with van der Waals surface area (Å²) >= 11 is 6.67. The van der Waals surface area contributed by atoms with Crippen LogP contribution in [0.5, 0.6) is 0 Å². The van der Waals surface area contributed by atoms with Crippen LogP contribution in [0.2, 0.25) is 0 Å². The lowest BCUT2D eigenvalue weighted by Crippen LogP contribution is -2.33. The molecule has 1 aromatic rings. The molecule has 1 rings (SSSR count). The maximum Gasteiger partial charge on any atom is 0.255 e. The molecule has 0 spiro atoms. The van der Waals surface area contributed by atoms with Crippen molar-refractivity contribution in [2.45, 2.75) is 12.8 Å². The third-order valence-electron chi connectivity index (χ3n) is 2.44. The zero-order valence-corrected chi connectivity index (χ0v) is 13.2. The molecule has 0 unspecified atom stereocenters. The highest BCUT2D eigenvalue weighted by molar-refractivity contribution is 9.11. The Balaban J connectivity index is 2.91. The molecule has 1 amide bonds. The van der Waals surface area contributed by atoms with E-state index < -0.39 is 0 Å². The minimum atomic E-state index is -0.176. The predicted octanol–water partition coefficient (Wildman–Crippen LogP) is 3.48. The van der Waals surface area contributed by atoms with Crippen LogP contribution in [0.1, 0.15) is 23.2 Å². The van der Waals surface area contributed by atoms with E-state index in [4.69, 9.17) is 10.5 Å². The standard InChI is InChI=1S/C13H11Br2N3O/c14-10-3-4-11(12(15)9-10)13(19)18(7-1-5-16)8-2-6-17/h3-4,9H,1-2,7-8H2. The van der Waals surface area contributed by atoms with Crippen molar-refractivity contribution < 1.29 is 4.79 Å². The van der Waals surface area contributed by atoms with Crippen molar-refractivity contribution in [2.24, 2.45) is 0 Å². The fraction of sp³-hybridized carbons (Fsp3) is 0.308. The molecule has 0 atom stereocenters. The molecule has 6 heteroatoms. The van der Waals surface area contributed by atoms with E-state index in [0.29, 0.717) is 23.1 Å². The van der Waals surface area contributed by atoms with Crippen LogP contribution in [0.4, 0.5) is 0 Å². The second kappa shape index (κ2) is 7.93. The monoisotopic (exact) mass is 383 g/mol. The second-order valence-corrected chi connectivity index (χ2v) is 5.50. The number of amides is 1. The number of carbonyl (C=O) groups is 1. The van der Waals surface area contributed by atoms with Crippen LogP contribution < -0.4 is 0 Å². The molecule has 0 bridgehead atoms. The summed E-state index contributed by atoms with van der Waals surface area (Å²) in [6, 6.07) is 9.30. The smallest absolute Gasteiger partial charge is 0.255 e. The van der Waals surface area contributed by atoms with E-state index >= 15 is 0 Å². The van der Waals surface area contributed by atoms with Crippen LogP contribution in [0, 0.1) is 22.7 Å². The van der Waals surface area contributed by atoms with Gasteiger partial charge in [-0.15, -0.1) is 0 Å². The van der Waals surface area contributed by atoms with Crippen molar-refractivity contribution in [3.05, 3.63) is 32.7 Å². The van der Waals surface area contributed by atoms with Gasteiger partial charge in [0, 0.05) is 22.0 Å². The summed E-state index contributed by atoms with van der Waals surface area (Å²) in [4.78, 5) is 13.9. The summed E-state index contributed by atoms with van der Waals surface area (Å²) in [5, 5.41) is 17.2. The predicted molar refractivity (Wildman–Crippen MR) is 78.2 cm³/mol. The van der Waals surface area contributed by atoms with Gasteiger partial charge in [0.05, 0.1) is 30.5 Å². The van der Waals surface area contributed by atoms with Gasteiger partial charge in [-0.3, -0.25) is 4.79 Å². The van der Waals surface area contributed by atoms with Crippen molar-refractivity contribution in [3.63, 3.8) is 0 Å². The first-order valence-corrected chi connectivity index (χ1v) is 7.17. The molecule has 4 nitrogen and oxygen atoms in total. The molecule has 0 aliphatic rings. The molecule has 1 aromatic carbocycles. The zero-order chi connectivity index (χ0) is 14.3. The van der Waals surface area contributed by atoms with Crippen LogP contribution in [0.15, 0.2) is 27.1 Å². The maximum atomic E-state index is 12.4. The van der Waals surface area contributed by atoms with Gasteiger partial charge in [-0.05, 0) is 34.1 Å². The number of carbonyl (C=O) groups excluding carboxylic acids is 1. The first-order valence-electron chi connectivity index (χ1n) is 5.58. The molecule has 0 aromatic heterocycles. The quantitative estimate of drug-likeness (QED) is 0.780. The van der Waals surface area contributed by atoms with E-state index in [0.717, 1.165) is 4.47 Å². The van der Waals surface area contributed by atoms with Crippen molar-refractivity contribution in [1.82, 2.24) is 4.90 Å². The van der Waals surface area contributed by atoms with E-state index in [1.165, 1.54) is 4.90 Å². The summed E-state index contributed by atoms with van der Waals surface area (Å²) in [6.07, 6.45) is 0.511. The Kier molecular flexibility index (Phi) is 6.55. The highest BCUT2D eigenvalue weighted by atomic mass is 79.9. The molecular weight excluding hydrogens is 374 g/mol. The number of hydrogen-bond donors (Lipinski definition) is 0. The van der Waals surface area contributed by atoms with E-state index in [-0.39, 0.29) is 18.7 Å². The van der Waals surface area contributed by atoms with Gasteiger partial charge >= 0.3 is 0 Å². The topological polar surface area (TPSA) is 67.9 Å². The molecule has 0 saturated heterocycles. The van der Waals surface area contributed by atoms with Crippen molar-refractivity contribution in [3.8, 4) is 12.1 Å². The SMILES string of the molecule is N#CCCN(CCC#N)C(=O)c1ccc(Br)cc1Br. The number of rotatable bonds is 5. The molecule has 0 N–H and O–H groups in total. The lowest BCUT2D eigenvalue weighted by molar-refractivity contribution is 0.0761. The average molecular weight is 385 g/mol. The van der Waals surface area contributed by atoms with Gasteiger partial charge < -0.3 is 4.90 Å². The minimum Gasteiger partial charge on any atom is -0.337 e. The number of nitriles is 2. The van der Waals surface area contributed by atoms with Crippen LogP contribution in [0.3, 0.4) is 0 Å². The fourth-order valence-corrected chi connectivity index (χ4v) is 2.73. The lowest BCUT2D eigenvalue weighted by Gasteiger charge is -2.21. The number of nitrogens with zero attached hydrogens (tertiary/aromatic N) is 3. The summed E-state index contributed by atoms with van der Waals surface area (Å²) in [5.41, 5.74) is 0.527. The number of benzene rings is 1. The van der Waals surface area contributed by atoms with Gasteiger partial charge in [0.2, 0.25) is 0 Å². The molecule has 0 aliphatic heterocycles. The first kappa shape index (κ1) is 15.7. The first-order chi connectivity index (χ1) is 9.10. The van der Waals surface area contributed by atoms with Crippen molar-refractivity contribution in [2.75, 3.05) is 13.1 Å². The van der Waals surface area contributed by atoms with Gasteiger partial charge in [-0.25, -0.2) is 0 Å². The summed E-state index contributed by atoms with van der Waals surface area (Å²) in [5.74, 6) is -0.176. The normalized spacial score (nSPS) is 9.47. The van der Waals surface area contributed by atoms with E-state index in [2.05, 4.69) is 31.9 Å². The van der Waals surface area contributed by atoms with Gasteiger partial charge in [-0.1, -0.05) is 15.9 Å². The number of halogens is 2. The Bertz CT molecular complexity index is 528. The van der Waals surface area contributed by atoms with Crippen molar-refractivity contribution >= 4 is 37.8 Å². The Morgan fingerprint density at radius 2 is 1.74 bits per heavy atom. The van der Waals surface area contributed by atoms with Crippen molar-refractivity contribution in [1.29, 1.82) is 10.5 Å². The van der Waals surface area contributed by atoms with E-state index in [9.17, 15) is 4.79 Å². The van der Waals surface area contributed by atoms with Gasteiger partial charge in [-0.2, -0.15) is 10.5 Å². The van der Waals surface area contributed by atoms with Gasteiger partial charge in [0.25, 0.3) is 5.91 Å². The molecule has 0 radical (unpaired) electrons. The summed E-state index contributed by atoms with van der Waals surface area (Å²) in [7, 11) is 0. The Morgan fingerprint density at radius 1 is 1.16 bits per heavy atom.